The fraction of sp³-hybridized carbons (Fsp3) is 0.682. The van der Waals surface area contributed by atoms with Crippen LogP contribution in [0.1, 0.15) is 50.2 Å². The molecule has 1 aromatic carbocycles. The van der Waals surface area contributed by atoms with E-state index in [1.165, 1.54) is 37.5 Å². The largest absolute Gasteiger partial charge is 0.497 e. The molecule has 3 fully saturated rings. The van der Waals surface area contributed by atoms with Crippen LogP contribution in [0.5, 0.6) is 5.75 Å². The second-order valence-electron chi connectivity index (χ2n) is 9.23. The van der Waals surface area contributed by atoms with Crippen LogP contribution in [0.2, 0.25) is 0 Å². The van der Waals surface area contributed by atoms with Crippen molar-refractivity contribution in [1.29, 1.82) is 0 Å². The number of carbonyl (C=O) groups excluding carboxylic acids is 1. The SMILES string of the molecule is COc1ccc2c(c1)C[C@@H](C)[C@H]1[C@H]3[C@H]4C[C@H]4[C@@H](C=O)[C@@]3(C)CC[C@H]21. The molecule has 0 saturated heterocycles. The molecule has 0 amide bonds. The first-order chi connectivity index (χ1) is 11.6. The van der Waals surface area contributed by atoms with Crippen LogP contribution in [0.25, 0.3) is 0 Å². The summed E-state index contributed by atoms with van der Waals surface area (Å²) in [4.78, 5) is 11.8. The number of methoxy groups -OCH3 is 1. The molecule has 0 unspecified atom stereocenters. The van der Waals surface area contributed by atoms with Gasteiger partial charge in [-0.25, -0.2) is 0 Å². The van der Waals surface area contributed by atoms with Gasteiger partial charge in [0.2, 0.25) is 0 Å². The number of rotatable bonds is 2. The van der Waals surface area contributed by atoms with Gasteiger partial charge in [0.15, 0.2) is 0 Å². The van der Waals surface area contributed by atoms with Gasteiger partial charge in [-0.3, -0.25) is 0 Å². The van der Waals surface area contributed by atoms with Gasteiger partial charge in [0.05, 0.1) is 7.11 Å². The van der Waals surface area contributed by atoms with E-state index in [-0.39, 0.29) is 5.41 Å². The quantitative estimate of drug-likeness (QED) is 0.750. The van der Waals surface area contributed by atoms with Crippen molar-refractivity contribution in [2.75, 3.05) is 7.11 Å². The lowest BCUT2D eigenvalue weighted by Crippen LogP contribution is -2.47. The van der Waals surface area contributed by atoms with Crippen LogP contribution in [-0.2, 0) is 11.2 Å². The number of hydrogen-bond acceptors (Lipinski definition) is 2. The van der Waals surface area contributed by atoms with Crippen LogP contribution in [0.15, 0.2) is 18.2 Å². The summed E-state index contributed by atoms with van der Waals surface area (Å²) in [6.45, 7) is 4.90. The van der Waals surface area contributed by atoms with E-state index in [0.29, 0.717) is 23.7 Å². The van der Waals surface area contributed by atoms with Crippen molar-refractivity contribution < 1.29 is 9.53 Å². The van der Waals surface area contributed by atoms with Gasteiger partial charge in [-0.05, 0) is 89.9 Å². The van der Waals surface area contributed by atoms with Gasteiger partial charge in [-0.15, -0.1) is 0 Å². The first-order valence-electron chi connectivity index (χ1n) is 9.70. The predicted molar refractivity (Wildman–Crippen MR) is 94.1 cm³/mol. The predicted octanol–water partition coefficient (Wildman–Crippen LogP) is 4.47. The van der Waals surface area contributed by atoms with Crippen LogP contribution < -0.4 is 4.74 Å². The van der Waals surface area contributed by atoms with Gasteiger partial charge in [0.25, 0.3) is 0 Å². The minimum absolute atomic E-state index is 0.273. The monoisotopic (exact) mass is 324 g/mol. The lowest BCUT2D eigenvalue weighted by molar-refractivity contribution is -0.118. The van der Waals surface area contributed by atoms with Gasteiger partial charge in [0.1, 0.15) is 12.0 Å². The molecule has 1 aromatic rings. The molecular formula is C22H28O2. The lowest BCUT2D eigenvalue weighted by atomic mass is 9.50. The van der Waals surface area contributed by atoms with E-state index in [4.69, 9.17) is 4.74 Å². The van der Waals surface area contributed by atoms with Crippen molar-refractivity contribution >= 4 is 6.29 Å². The maximum atomic E-state index is 11.8. The van der Waals surface area contributed by atoms with Crippen molar-refractivity contribution in [2.24, 2.45) is 40.9 Å². The summed E-state index contributed by atoms with van der Waals surface area (Å²) < 4.78 is 5.45. The van der Waals surface area contributed by atoms with E-state index in [1.807, 2.05) is 0 Å². The van der Waals surface area contributed by atoms with E-state index in [9.17, 15) is 4.79 Å². The second-order valence-corrected chi connectivity index (χ2v) is 9.23. The van der Waals surface area contributed by atoms with Crippen molar-refractivity contribution in [3.63, 3.8) is 0 Å². The van der Waals surface area contributed by atoms with Gasteiger partial charge < -0.3 is 9.53 Å². The summed E-state index contributed by atoms with van der Waals surface area (Å²) in [6, 6.07) is 6.73. The number of fused-ring (bicyclic) bond motifs is 7. The summed E-state index contributed by atoms with van der Waals surface area (Å²) in [5.74, 6) is 5.81. The molecule has 128 valence electrons. The average molecular weight is 324 g/mol. The smallest absolute Gasteiger partial charge is 0.123 e. The Morgan fingerprint density at radius 1 is 1.29 bits per heavy atom. The minimum atomic E-state index is 0.273. The molecule has 0 spiro atoms. The molecule has 4 aliphatic rings. The number of benzene rings is 1. The molecule has 24 heavy (non-hydrogen) atoms. The van der Waals surface area contributed by atoms with Gasteiger partial charge in [-0.2, -0.15) is 0 Å². The molecule has 2 heteroatoms. The van der Waals surface area contributed by atoms with Crippen LogP contribution in [0.3, 0.4) is 0 Å². The maximum absolute atomic E-state index is 11.8. The Hall–Kier alpha value is -1.31. The Kier molecular flexibility index (Phi) is 3.04. The van der Waals surface area contributed by atoms with Crippen molar-refractivity contribution in [2.45, 2.75) is 45.4 Å². The molecule has 0 aliphatic heterocycles. The first kappa shape index (κ1) is 15.0. The molecule has 8 atom stereocenters. The van der Waals surface area contributed by atoms with Gasteiger partial charge in [0, 0.05) is 5.92 Å². The third kappa shape index (κ3) is 1.75. The molecule has 3 saturated carbocycles. The van der Waals surface area contributed by atoms with Crippen LogP contribution >= 0.6 is 0 Å². The lowest BCUT2D eigenvalue weighted by Gasteiger charge is -2.54. The summed E-state index contributed by atoms with van der Waals surface area (Å²) in [7, 11) is 1.76. The second kappa shape index (κ2) is 4.86. The molecule has 5 rings (SSSR count). The van der Waals surface area contributed by atoms with E-state index in [0.717, 1.165) is 23.5 Å². The molecule has 0 N–H and O–H groups in total. The first-order valence-corrected chi connectivity index (χ1v) is 9.70. The highest BCUT2D eigenvalue weighted by atomic mass is 16.5. The zero-order valence-electron chi connectivity index (χ0n) is 15.0. The molecule has 4 aliphatic carbocycles. The van der Waals surface area contributed by atoms with E-state index < -0.39 is 0 Å². The number of aldehydes is 1. The standard InChI is InChI=1S/C22H28O2/c1-12-8-13-9-14(24-3)4-5-15(13)16-6-7-22(2)19(11-23)17-10-18(17)21(22)20(12)16/h4-5,9,11-12,16-21H,6-8,10H2,1-3H3/t12-,16-,17-,18+,19-,20-,21-,22-/m1/s1. The van der Waals surface area contributed by atoms with Gasteiger partial charge >= 0.3 is 0 Å². The van der Waals surface area contributed by atoms with Crippen molar-refractivity contribution in [3.05, 3.63) is 29.3 Å². The molecule has 0 bridgehead atoms. The summed E-state index contributed by atoms with van der Waals surface area (Å²) >= 11 is 0. The summed E-state index contributed by atoms with van der Waals surface area (Å²) in [6.07, 6.45) is 6.29. The van der Waals surface area contributed by atoms with Gasteiger partial charge in [-0.1, -0.05) is 19.9 Å². The number of carbonyl (C=O) groups is 1. The highest BCUT2D eigenvalue weighted by molar-refractivity contribution is 5.59. The fourth-order valence-electron chi connectivity index (χ4n) is 7.33. The minimum Gasteiger partial charge on any atom is -0.497 e. The number of ether oxygens (including phenoxy) is 1. The molecule has 2 nitrogen and oxygen atoms in total. The Bertz CT molecular complexity index is 695. The van der Waals surface area contributed by atoms with Crippen molar-refractivity contribution in [1.82, 2.24) is 0 Å². The van der Waals surface area contributed by atoms with E-state index in [1.54, 1.807) is 12.7 Å². The zero-order valence-corrected chi connectivity index (χ0v) is 15.0. The highest BCUT2D eigenvalue weighted by Crippen LogP contribution is 2.74. The highest BCUT2D eigenvalue weighted by Gasteiger charge is 2.69. The Balaban J connectivity index is 1.56. The van der Waals surface area contributed by atoms with Crippen molar-refractivity contribution in [3.8, 4) is 5.75 Å². The third-order valence-electron chi connectivity index (χ3n) is 8.31. The maximum Gasteiger partial charge on any atom is 0.123 e. The van der Waals surface area contributed by atoms with Crippen LogP contribution in [0, 0.1) is 40.9 Å². The van der Waals surface area contributed by atoms with E-state index in [2.05, 4.69) is 32.0 Å². The zero-order chi connectivity index (χ0) is 16.6. The molecule has 0 heterocycles. The normalized spacial score (nSPS) is 47.9. The Morgan fingerprint density at radius 3 is 2.88 bits per heavy atom. The molecule has 0 radical (unpaired) electrons. The molecular weight excluding hydrogens is 296 g/mol. The molecule has 0 aromatic heterocycles. The topological polar surface area (TPSA) is 26.3 Å². The van der Waals surface area contributed by atoms with Crippen LogP contribution in [-0.4, -0.2) is 13.4 Å². The van der Waals surface area contributed by atoms with E-state index >= 15 is 0 Å². The third-order valence-corrected chi connectivity index (χ3v) is 8.31. The average Bonchev–Trinajstić information content (AvgIpc) is 3.29. The summed E-state index contributed by atoms with van der Waals surface area (Å²) in [5, 5.41) is 0. The Labute approximate surface area is 145 Å². The fourth-order valence-corrected chi connectivity index (χ4v) is 7.33. The van der Waals surface area contributed by atoms with Crippen LogP contribution in [0.4, 0.5) is 0 Å². The Morgan fingerprint density at radius 2 is 2.12 bits per heavy atom. The number of hydrogen-bond donors (Lipinski definition) is 0. The summed E-state index contributed by atoms with van der Waals surface area (Å²) in [5.41, 5.74) is 3.35.